The second-order valence-corrected chi connectivity index (χ2v) is 7.98. The fraction of sp³-hybridized carbons (Fsp3) is 0.0870. The Labute approximate surface area is 188 Å². The third kappa shape index (κ3) is 5.25. The molecule has 0 unspecified atom stereocenters. The van der Waals surface area contributed by atoms with E-state index in [9.17, 15) is 9.59 Å². The van der Waals surface area contributed by atoms with Crippen LogP contribution in [0.5, 0.6) is 0 Å². The summed E-state index contributed by atoms with van der Waals surface area (Å²) in [6, 6.07) is 23.6. The van der Waals surface area contributed by atoms with Crippen molar-refractivity contribution in [2.24, 2.45) is 0 Å². The van der Waals surface area contributed by atoms with Gasteiger partial charge in [-0.3, -0.25) is 4.79 Å². The van der Waals surface area contributed by atoms with Crippen LogP contribution in [0.25, 0.3) is 11.0 Å². The number of hydrogen-bond acceptors (Lipinski definition) is 5. The maximum absolute atomic E-state index is 12.9. The van der Waals surface area contributed by atoms with E-state index in [1.165, 1.54) is 16.3 Å². The summed E-state index contributed by atoms with van der Waals surface area (Å²) < 4.78 is 6.89. The van der Waals surface area contributed by atoms with E-state index in [2.05, 4.69) is 10.3 Å². The molecule has 4 rings (SSSR count). The first-order valence-corrected chi connectivity index (χ1v) is 10.8. The van der Waals surface area contributed by atoms with Gasteiger partial charge in [0.2, 0.25) is 5.91 Å². The zero-order valence-electron chi connectivity index (χ0n) is 16.3. The number of benzene rings is 3. The molecule has 0 aliphatic carbocycles. The number of anilines is 1. The van der Waals surface area contributed by atoms with Gasteiger partial charge in [0, 0.05) is 10.7 Å². The number of rotatable bonds is 6. The predicted molar refractivity (Wildman–Crippen MR) is 123 cm³/mol. The highest BCUT2D eigenvalue weighted by atomic mass is 35.5. The molecule has 31 heavy (non-hydrogen) atoms. The van der Waals surface area contributed by atoms with Gasteiger partial charge in [0.05, 0.1) is 16.8 Å². The Kier molecular flexibility index (Phi) is 6.54. The standard InChI is InChI=1S/C23H18ClN3O3S/c24-17-10-12-18(13-11-17)25-21(28)15-31-22-26-19-8-4-5-9-20(19)27(22)23(29)30-14-16-6-2-1-3-7-16/h1-13H,14-15H2,(H,25,28). The van der Waals surface area contributed by atoms with Crippen LogP contribution in [0.4, 0.5) is 10.5 Å². The van der Waals surface area contributed by atoms with Crippen LogP contribution in [0.15, 0.2) is 84.0 Å². The van der Waals surface area contributed by atoms with Crippen molar-refractivity contribution < 1.29 is 14.3 Å². The predicted octanol–water partition coefficient (Wildman–Crippen LogP) is 5.61. The maximum atomic E-state index is 12.9. The highest BCUT2D eigenvalue weighted by Crippen LogP contribution is 2.25. The quantitative estimate of drug-likeness (QED) is 0.386. The van der Waals surface area contributed by atoms with E-state index in [0.717, 1.165) is 5.56 Å². The molecule has 0 radical (unpaired) electrons. The molecule has 0 atom stereocenters. The van der Waals surface area contributed by atoms with Gasteiger partial charge < -0.3 is 10.1 Å². The lowest BCUT2D eigenvalue weighted by Gasteiger charge is -2.09. The number of amides is 1. The molecule has 6 nitrogen and oxygen atoms in total. The van der Waals surface area contributed by atoms with Gasteiger partial charge in [0.15, 0.2) is 5.16 Å². The number of carbonyl (C=O) groups excluding carboxylic acids is 2. The Hall–Kier alpha value is -3.29. The number of hydrogen-bond donors (Lipinski definition) is 1. The Morgan fingerprint density at radius 1 is 0.968 bits per heavy atom. The largest absolute Gasteiger partial charge is 0.444 e. The van der Waals surface area contributed by atoms with Gasteiger partial charge in [-0.1, -0.05) is 65.8 Å². The van der Waals surface area contributed by atoms with Crippen LogP contribution in [-0.2, 0) is 16.1 Å². The van der Waals surface area contributed by atoms with Crippen molar-refractivity contribution in [3.05, 3.63) is 89.4 Å². The minimum absolute atomic E-state index is 0.0813. The minimum Gasteiger partial charge on any atom is -0.444 e. The molecule has 0 saturated carbocycles. The summed E-state index contributed by atoms with van der Waals surface area (Å²) in [5, 5.41) is 3.78. The lowest BCUT2D eigenvalue weighted by atomic mass is 10.2. The van der Waals surface area contributed by atoms with Crippen molar-refractivity contribution in [3.63, 3.8) is 0 Å². The highest BCUT2D eigenvalue weighted by Gasteiger charge is 2.19. The summed E-state index contributed by atoms with van der Waals surface area (Å²) in [7, 11) is 0. The van der Waals surface area contributed by atoms with Crippen molar-refractivity contribution in [1.29, 1.82) is 0 Å². The molecular formula is C23H18ClN3O3S. The molecule has 1 heterocycles. The van der Waals surface area contributed by atoms with Crippen LogP contribution in [0.1, 0.15) is 5.56 Å². The number of para-hydroxylation sites is 2. The van der Waals surface area contributed by atoms with Crippen molar-refractivity contribution in [2.75, 3.05) is 11.1 Å². The van der Waals surface area contributed by atoms with Crippen LogP contribution in [0.3, 0.4) is 0 Å². The van der Waals surface area contributed by atoms with Gasteiger partial charge in [0.25, 0.3) is 0 Å². The molecule has 156 valence electrons. The van der Waals surface area contributed by atoms with Crippen LogP contribution in [0, 0.1) is 0 Å². The molecule has 1 N–H and O–H groups in total. The molecule has 4 aromatic rings. The van der Waals surface area contributed by atoms with E-state index in [4.69, 9.17) is 16.3 Å². The topological polar surface area (TPSA) is 73.2 Å². The molecule has 0 aliphatic rings. The van der Waals surface area contributed by atoms with Gasteiger partial charge >= 0.3 is 6.09 Å². The highest BCUT2D eigenvalue weighted by molar-refractivity contribution is 7.99. The van der Waals surface area contributed by atoms with Crippen molar-refractivity contribution >= 4 is 52.1 Å². The van der Waals surface area contributed by atoms with Crippen molar-refractivity contribution in [3.8, 4) is 0 Å². The minimum atomic E-state index is -0.543. The number of nitrogens with one attached hydrogen (secondary N) is 1. The number of imidazole rings is 1. The second-order valence-electron chi connectivity index (χ2n) is 6.60. The summed E-state index contributed by atoms with van der Waals surface area (Å²) in [6.07, 6.45) is -0.543. The summed E-state index contributed by atoms with van der Waals surface area (Å²) >= 11 is 7.03. The number of fused-ring (bicyclic) bond motifs is 1. The number of carbonyl (C=O) groups is 2. The number of thioether (sulfide) groups is 1. The van der Waals surface area contributed by atoms with Crippen LogP contribution in [-0.4, -0.2) is 27.3 Å². The van der Waals surface area contributed by atoms with Crippen molar-refractivity contribution in [2.45, 2.75) is 11.8 Å². The summed E-state index contributed by atoms with van der Waals surface area (Å²) in [5.74, 6) is -0.138. The number of aromatic nitrogens is 2. The van der Waals surface area contributed by atoms with Crippen LogP contribution >= 0.6 is 23.4 Å². The van der Waals surface area contributed by atoms with E-state index in [0.29, 0.717) is 26.9 Å². The molecule has 3 aromatic carbocycles. The fourth-order valence-corrected chi connectivity index (χ4v) is 3.84. The first-order chi connectivity index (χ1) is 15.1. The first-order valence-electron chi connectivity index (χ1n) is 9.47. The average Bonchev–Trinajstić information content (AvgIpc) is 3.17. The van der Waals surface area contributed by atoms with E-state index in [1.54, 1.807) is 30.3 Å². The lowest BCUT2D eigenvalue weighted by Crippen LogP contribution is -2.17. The Bertz CT molecular complexity index is 1210. The Morgan fingerprint density at radius 3 is 2.45 bits per heavy atom. The van der Waals surface area contributed by atoms with E-state index >= 15 is 0 Å². The third-order valence-corrected chi connectivity index (χ3v) is 5.57. The molecule has 1 amide bonds. The summed E-state index contributed by atoms with van der Waals surface area (Å²) in [4.78, 5) is 29.7. The number of halogens is 1. The smallest absolute Gasteiger partial charge is 0.420 e. The normalized spacial score (nSPS) is 10.7. The van der Waals surface area contributed by atoms with Gasteiger partial charge in [-0.25, -0.2) is 14.3 Å². The molecule has 0 fully saturated rings. The zero-order valence-corrected chi connectivity index (χ0v) is 17.9. The van der Waals surface area contributed by atoms with E-state index < -0.39 is 6.09 Å². The van der Waals surface area contributed by atoms with Crippen molar-refractivity contribution in [1.82, 2.24) is 9.55 Å². The molecule has 0 spiro atoms. The SMILES string of the molecule is O=C(CSc1nc2ccccc2n1C(=O)OCc1ccccc1)Nc1ccc(Cl)cc1. The molecule has 1 aromatic heterocycles. The van der Waals surface area contributed by atoms with E-state index in [-0.39, 0.29) is 18.3 Å². The van der Waals surface area contributed by atoms with Gasteiger partial charge in [-0.2, -0.15) is 0 Å². The Morgan fingerprint density at radius 2 is 1.68 bits per heavy atom. The van der Waals surface area contributed by atoms with E-state index in [1.807, 2.05) is 48.5 Å². The maximum Gasteiger partial charge on any atom is 0.420 e. The van der Waals surface area contributed by atoms with Gasteiger partial charge in [-0.15, -0.1) is 0 Å². The lowest BCUT2D eigenvalue weighted by molar-refractivity contribution is -0.113. The molecule has 0 bridgehead atoms. The fourth-order valence-electron chi connectivity index (χ4n) is 2.92. The second kappa shape index (κ2) is 9.68. The molecule has 0 aliphatic heterocycles. The molecular weight excluding hydrogens is 434 g/mol. The summed E-state index contributed by atoms with van der Waals surface area (Å²) in [5.41, 5.74) is 2.81. The van der Waals surface area contributed by atoms with Gasteiger partial charge in [-0.05, 0) is 42.0 Å². The molecule has 8 heteroatoms. The van der Waals surface area contributed by atoms with Crippen LogP contribution < -0.4 is 5.32 Å². The average molecular weight is 452 g/mol. The van der Waals surface area contributed by atoms with Gasteiger partial charge in [0.1, 0.15) is 6.61 Å². The first kappa shape index (κ1) is 21.0. The molecule has 0 saturated heterocycles. The summed E-state index contributed by atoms with van der Waals surface area (Å²) in [6.45, 7) is 0.146. The van der Waals surface area contributed by atoms with Crippen LogP contribution in [0.2, 0.25) is 5.02 Å². The zero-order chi connectivity index (χ0) is 21.6. The monoisotopic (exact) mass is 451 g/mol. The Balaban J connectivity index is 1.48. The third-order valence-electron chi connectivity index (χ3n) is 4.38. The number of ether oxygens (including phenoxy) is 1. The number of nitrogens with zero attached hydrogens (tertiary/aromatic N) is 2.